The normalized spacial score (nSPS) is 12.2. The zero-order chi connectivity index (χ0) is 23.8. The van der Waals surface area contributed by atoms with Crippen molar-refractivity contribution in [2.75, 3.05) is 6.54 Å². The van der Waals surface area contributed by atoms with Gasteiger partial charge in [0.15, 0.2) is 0 Å². The van der Waals surface area contributed by atoms with Crippen molar-refractivity contribution >= 4 is 35.0 Å². The van der Waals surface area contributed by atoms with Crippen molar-refractivity contribution in [2.45, 2.75) is 66.0 Å². The molecule has 1 N–H and O–H groups in total. The molecule has 2 rings (SSSR count). The van der Waals surface area contributed by atoms with Crippen molar-refractivity contribution in [3.05, 3.63) is 69.2 Å². The first kappa shape index (κ1) is 26.2. The minimum atomic E-state index is -0.642. The third-order valence-corrected chi connectivity index (χ3v) is 6.22. The molecule has 4 nitrogen and oxygen atoms in total. The summed E-state index contributed by atoms with van der Waals surface area (Å²) in [4.78, 5) is 27.6. The van der Waals surface area contributed by atoms with Crippen LogP contribution in [0.5, 0.6) is 0 Å². The summed E-state index contributed by atoms with van der Waals surface area (Å²) in [6, 6.07) is 12.9. The van der Waals surface area contributed by atoms with Crippen molar-refractivity contribution in [3.8, 4) is 0 Å². The van der Waals surface area contributed by atoms with Gasteiger partial charge in [0.1, 0.15) is 6.04 Å². The van der Waals surface area contributed by atoms with Crippen molar-refractivity contribution in [3.63, 3.8) is 0 Å². The lowest BCUT2D eigenvalue weighted by molar-refractivity contribution is -0.140. The lowest BCUT2D eigenvalue weighted by Gasteiger charge is -2.29. The molecule has 0 spiro atoms. The van der Waals surface area contributed by atoms with Crippen molar-refractivity contribution in [1.29, 1.82) is 0 Å². The first-order valence-electron chi connectivity index (χ1n) is 11.2. The van der Waals surface area contributed by atoms with E-state index in [4.69, 9.17) is 23.2 Å². The van der Waals surface area contributed by atoms with E-state index in [9.17, 15) is 9.59 Å². The number of carbonyl (C=O) groups is 2. The number of benzene rings is 2. The fraction of sp³-hybridized carbons (Fsp3) is 0.462. The standard InChI is InChI=1S/C26H34Cl2N2O2/c1-17(2)15-29-26(32)19(5)30(16-22-23(27)7-6-8-24(22)28)25(31)14-11-20-9-12-21(13-10-20)18(3)4/h6-10,12-13,17-19H,11,14-16H2,1-5H3,(H,29,32)/t19-/m1/s1. The van der Waals surface area contributed by atoms with Crippen LogP contribution in [0.1, 0.15) is 63.6 Å². The number of hydrogen-bond donors (Lipinski definition) is 1. The van der Waals surface area contributed by atoms with E-state index in [0.717, 1.165) is 5.56 Å². The molecule has 0 saturated heterocycles. The molecule has 0 heterocycles. The number of nitrogens with zero attached hydrogens (tertiary/aromatic N) is 1. The van der Waals surface area contributed by atoms with Gasteiger partial charge in [0, 0.05) is 35.1 Å². The van der Waals surface area contributed by atoms with Crippen LogP contribution in [0, 0.1) is 5.92 Å². The highest BCUT2D eigenvalue weighted by Gasteiger charge is 2.27. The Bertz CT molecular complexity index is 890. The molecule has 2 aromatic carbocycles. The molecule has 0 fully saturated rings. The number of hydrogen-bond acceptors (Lipinski definition) is 2. The van der Waals surface area contributed by atoms with Gasteiger partial charge in [0.25, 0.3) is 0 Å². The highest BCUT2D eigenvalue weighted by Crippen LogP contribution is 2.27. The Kier molecular flexibility index (Phi) is 10.0. The van der Waals surface area contributed by atoms with E-state index in [2.05, 4.69) is 43.4 Å². The molecule has 0 aliphatic carbocycles. The molecule has 0 radical (unpaired) electrons. The molecular weight excluding hydrogens is 443 g/mol. The van der Waals surface area contributed by atoms with Gasteiger partial charge < -0.3 is 10.2 Å². The Morgan fingerprint density at radius 3 is 2.06 bits per heavy atom. The molecule has 6 heteroatoms. The first-order valence-corrected chi connectivity index (χ1v) is 11.9. The van der Waals surface area contributed by atoms with E-state index in [1.165, 1.54) is 5.56 Å². The van der Waals surface area contributed by atoms with Gasteiger partial charge in [-0.2, -0.15) is 0 Å². The Morgan fingerprint density at radius 1 is 0.938 bits per heavy atom. The predicted molar refractivity (Wildman–Crippen MR) is 133 cm³/mol. The molecule has 174 valence electrons. The van der Waals surface area contributed by atoms with Crippen LogP contribution in [0.3, 0.4) is 0 Å². The number of halogens is 2. The van der Waals surface area contributed by atoms with Crippen LogP contribution in [-0.2, 0) is 22.6 Å². The average molecular weight is 477 g/mol. The number of nitrogens with one attached hydrogen (secondary N) is 1. The van der Waals surface area contributed by atoms with Crippen LogP contribution in [0.2, 0.25) is 10.0 Å². The highest BCUT2D eigenvalue weighted by atomic mass is 35.5. The van der Waals surface area contributed by atoms with Crippen molar-refractivity contribution < 1.29 is 9.59 Å². The number of aryl methyl sites for hydroxylation is 1. The maximum Gasteiger partial charge on any atom is 0.242 e. The number of rotatable bonds is 10. The second-order valence-electron chi connectivity index (χ2n) is 8.93. The summed E-state index contributed by atoms with van der Waals surface area (Å²) in [7, 11) is 0. The summed E-state index contributed by atoms with van der Waals surface area (Å²) in [6.07, 6.45) is 0.898. The third kappa shape index (κ3) is 7.53. The number of amides is 2. The first-order chi connectivity index (χ1) is 15.1. The van der Waals surface area contributed by atoms with Crippen LogP contribution in [0.15, 0.2) is 42.5 Å². The van der Waals surface area contributed by atoms with Crippen LogP contribution < -0.4 is 5.32 Å². The van der Waals surface area contributed by atoms with E-state index in [-0.39, 0.29) is 18.4 Å². The van der Waals surface area contributed by atoms with Gasteiger partial charge in [-0.25, -0.2) is 0 Å². The van der Waals surface area contributed by atoms with Crippen LogP contribution in [-0.4, -0.2) is 29.3 Å². The molecule has 0 aromatic heterocycles. The Balaban J connectivity index is 2.18. The average Bonchev–Trinajstić information content (AvgIpc) is 2.75. The Hall–Kier alpha value is -2.04. The molecule has 0 unspecified atom stereocenters. The summed E-state index contributed by atoms with van der Waals surface area (Å²) in [5.41, 5.74) is 3.01. The van der Waals surface area contributed by atoms with E-state index in [0.29, 0.717) is 46.8 Å². The van der Waals surface area contributed by atoms with Gasteiger partial charge in [0.05, 0.1) is 0 Å². The summed E-state index contributed by atoms with van der Waals surface area (Å²) < 4.78 is 0. The van der Waals surface area contributed by atoms with Gasteiger partial charge in [-0.15, -0.1) is 0 Å². The monoisotopic (exact) mass is 476 g/mol. The summed E-state index contributed by atoms with van der Waals surface area (Å²) in [6.45, 7) is 10.9. The summed E-state index contributed by atoms with van der Waals surface area (Å²) >= 11 is 12.7. The molecule has 0 bridgehead atoms. The summed E-state index contributed by atoms with van der Waals surface area (Å²) in [5.74, 6) is 0.492. The van der Waals surface area contributed by atoms with Crippen LogP contribution in [0.4, 0.5) is 0 Å². The largest absolute Gasteiger partial charge is 0.354 e. The van der Waals surface area contributed by atoms with E-state index >= 15 is 0 Å². The minimum absolute atomic E-state index is 0.110. The fourth-order valence-corrected chi connectivity index (χ4v) is 3.87. The minimum Gasteiger partial charge on any atom is -0.354 e. The zero-order valence-electron chi connectivity index (χ0n) is 19.6. The predicted octanol–water partition coefficient (Wildman–Crippen LogP) is 6.24. The quantitative estimate of drug-likeness (QED) is 0.441. The zero-order valence-corrected chi connectivity index (χ0v) is 21.1. The summed E-state index contributed by atoms with van der Waals surface area (Å²) in [5, 5.41) is 3.89. The molecule has 0 aliphatic heterocycles. The number of carbonyl (C=O) groups excluding carboxylic acids is 2. The smallest absolute Gasteiger partial charge is 0.242 e. The topological polar surface area (TPSA) is 49.4 Å². The molecule has 32 heavy (non-hydrogen) atoms. The molecule has 0 aliphatic rings. The van der Waals surface area contributed by atoms with E-state index in [1.54, 1.807) is 30.0 Å². The maximum absolute atomic E-state index is 13.3. The van der Waals surface area contributed by atoms with Gasteiger partial charge in [-0.3, -0.25) is 9.59 Å². The highest BCUT2D eigenvalue weighted by molar-refractivity contribution is 6.36. The SMILES string of the molecule is CC(C)CNC(=O)[C@@H](C)N(Cc1c(Cl)cccc1Cl)C(=O)CCc1ccc(C(C)C)cc1. The maximum atomic E-state index is 13.3. The van der Waals surface area contributed by atoms with Gasteiger partial charge in [-0.1, -0.05) is 81.2 Å². The van der Waals surface area contributed by atoms with Crippen molar-refractivity contribution in [2.24, 2.45) is 5.92 Å². The molecule has 0 saturated carbocycles. The lowest BCUT2D eigenvalue weighted by atomic mass is 10.00. The van der Waals surface area contributed by atoms with E-state index in [1.807, 2.05) is 13.8 Å². The Morgan fingerprint density at radius 2 is 1.53 bits per heavy atom. The third-order valence-electron chi connectivity index (χ3n) is 5.52. The Labute approximate surface area is 202 Å². The van der Waals surface area contributed by atoms with Crippen LogP contribution in [0.25, 0.3) is 0 Å². The van der Waals surface area contributed by atoms with Gasteiger partial charge in [0.2, 0.25) is 11.8 Å². The van der Waals surface area contributed by atoms with Crippen LogP contribution >= 0.6 is 23.2 Å². The lowest BCUT2D eigenvalue weighted by Crippen LogP contribution is -2.48. The van der Waals surface area contributed by atoms with Gasteiger partial charge in [-0.05, 0) is 48.4 Å². The molecule has 2 aromatic rings. The van der Waals surface area contributed by atoms with Crippen molar-refractivity contribution in [1.82, 2.24) is 10.2 Å². The second-order valence-corrected chi connectivity index (χ2v) is 9.75. The van der Waals surface area contributed by atoms with E-state index < -0.39 is 6.04 Å². The van der Waals surface area contributed by atoms with Gasteiger partial charge >= 0.3 is 0 Å². The fourth-order valence-electron chi connectivity index (χ4n) is 3.35. The molecular formula is C26H34Cl2N2O2. The second kappa shape index (κ2) is 12.3. The molecule has 2 amide bonds. The molecule has 1 atom stereocenters.